The monoisotopic (exact) mass is 2180 g/mol. The summed E-state index contributed by atoms with van der Waals surface area (Å²) in [5, 5.41) is 298. The lowest BCUT2D eigenvalue weighted by atomic mass is 9.87. The fourth-order valence-electron chi connectivity index (χ4n) is 19.5. The number of carboxylic acids is 3. The predicted molar refractivity (Wildman–Crippen MR) is 516 cm³/mol. The van der Waals surface area contributed by atoms with E-state index in [1.54, 1.807) is 6.08 Å². The van der Waals surface area contributed by atoms with Crippen LogP contribution in [0.25, 0.3) is 0 Å². The molecular weight excluding hydrogens is 2010 g/mol. The maximum Gasteiger partial charge on any atom is 0.364 e. The van der Waals surface area contributed by atoms with Crippen molar-refractivity contribution in [1.29, 1.82) is 0 Å². The molecule has 5 amide bonds. The Hall–Kier alpha value is -6.06. The Bertz CT molecular complexity index is 3930. The molecule has 876 valence electrons. The van der Waals surface area contributed by atoms with Gasteiger partial charge in [0.2, 0.25) is 29.5 Å². The number of rotatable bonds is 66. The van der Waals surface area contributed by atoms with Crippen LogP contribution in [0, 0.1) is 0 Å². The van der Waals surface area contributed by atoms with E-state index >= 15 is 0 Å². The van der Waals surface area contributed by atoms with Crippen LogP contribution in [0.5, 0.6) is 0 Å². The number of carbonyl (C=O) groups excluding carboxylic acids is 5. The molecule has 0 bridgehead atoms. The van der Waals surface area contributed by atoms with E-state index in [0.717, 1.165) is 111 Å². The summed E-state index contributed by atoms with van der Waals surface area (Å²) in [6, 6.07) is -9.38. The Kier molecular flexibility index (Phi) is 61.1. The Balaban J connectivity index is 0.0000156. The highest BCUT2D eigenvalue weighted by atomic mass is 16.8. The van der Waals surface area contributed by atoms with E-state index < -0.39 is 363 Å². The number of aliphatic hydroxyl groups is 22. The zero-order valence-electron chi connectivity index (χ0n) is 86.4. The number of hydrogen-bond acceptors (Lipinski definition) is 47. The highest BCUT2D eigenvalue weighted by molar-refractivity contribution is 5.79. The average molecular weight is 2180 g/mol. The van der Waals surface area contributed by atoms with Crippen molar-refractivity contribution in [3.63, 3.8) is 0 Å². The van der Waals surface area contributed by atoms with Crippen molar-refractivity contribution in [2.75, 3.05) is 52.9 Å². The second kappa shape index (κ2) is 67.2. The standard InChI is InChI=1S/C95H165N5O47.3H3N/c1-7-9-11-13-15-17-19-21-22-24-26-28-30-32-34-36-64(118)100-52(53(112)35-33-31-29-27-25-23-20-18-16-14-12-10-8-2)47-134-87-75(125)74(124)78(62(45-106)137-87)139-89-77(127)85(147-95(92(132)133)39-56(115)67(98-50(5)110)83(145-95)73(123)61(44-105)142-93(90(128)129)37-54(113)65(96-48(3)108)81(143-93)69(119)57(116)40-101)79(63(46-107)138-89)140-86-68(99-51(6)111)80(71(121)59(42-103)135-86)141-88-76(126)84(72(122)60(43-104)136-88)146-94(91(130)131)38-55(114)66(97-49(4)109)82(144-94)70(120)58(117)41-102;;;/h33,35,52-63,65-89,101-107,112-117,119-127H,7-32,34,36-47H2,1-6H3,(H,96,108)(H,97,109)(H,98,110)(H,99,111)(H,100,118)(H,128,129)(H,130,131)(H,132,133);3*1H3. The summed E-state index contributed by atoms with van der Waals surface area (Å²) in [4.78, 5) is 107. The molecule has 0 aromatic heterocycles. The van der Waals surface area contributed by atoms with E-state index in [9.17, 15) is 166 Å². The maximum atomic E-state index is 14.6. The largest absolute Gasteiger partial charge is 0.477 e. The molecule has 7 rings (SSSR count). The van der Waals surface area contributed by atoms with Crippen molar-refractivity contribution in [2.45, 2.75) is 484 Å². The first-order chi connectivity index (χ1) is 69.9. The molecule has 7 aliphatic rings. The number of carbonyl (C=O) groups is 8. The number of unbranched alkanes of at least 4 members (excludes halogenated alkanes) is 25. The van der Waals surface area contributed by atoms with Gasteiger partial charge in [-0.15, -0.1) is 0 Å². The topological polar surface area (TPSA) is 937 Å². The molecule has 55 heteroatoms. The van der Waals surface area contributed by atoms with Crippen LogP contribution in [0.15, 0.2) is 12.2 Å². The first-order valence-corrected chi connectivity index (χ1v) is 51.4. The number of hydrogen-bond donors (Lipinski definition) is 33. The molecule has 55 nitrogen and oxygen atoms in total. The second-order valence-electron chi connectivity index (χ2n) is 39.2. The molecule has 40 unspecified atom stereocenters. The van der Waals surface area contributed by atoms with Crippen LogP contribution in [0.3, 0.4) is 0 Å². The van der Waals surface area contributed by atoms with Gasteiger partial charge in [-0.05, 0) is 19.3 Å². The fourth-order valence-corrected chi connectivity index (χ4v) is 19.5. The van der Waals surface area contributed by atoms with Crippen LogP contribution in [-0.2, 0) is 105 Å². The molecular formula is C95H174N8O47. The lowest BCUT2D eigenvalue weighted by Gasteiger charge is -2.53. The summed E-state index contributed by atoms with van der Waals surface area (Å²) < 4.78 is 84.6. The third kappa shape index (κ3) is 38.1. The van der Waals surface area contributed by atoms with Crippen LogP contribution in [-0.4, -0.2) is 472 Å². The number of aliphatic carboxylic acids is 3. The summed E-state index contributed by atoms with van der Waals surface area (Å²) in [5.41, 5.74) is 0. The Morgan fingerprint density at radius 3 is 1.11 bits per heavy atom. The van der Waals surface area contributed by atoms with Gasteiger partial charge in [0.1, 0.15) is 153 Å². The molecule has 7 heterocycles. The molecule has 0 spiro atoms. The molecule has 7 aliphatic heterocycles. The van der Waals surface area contributed by atoms with Crippen LogP contribution < -0.4 is 45.0 Å². The summed E-state index contributed by atoms with van der Waals surface area (Å²) >= 11 is 0. The normalized spacial score (nSPS) is 34.8. The van der Waals surface area contributed by atoms with Crippen molar-refractivity contribution < 1.29 is 232 Å². The summed E-state index contributed by atoms with van der Waals surface area (Å²) in [6.07, 6.45) is -48.1. The summed E-state index contributed by atoms with van der Waals surface area (Å²) in [7, 11) is 0. The van der Waals surface area contributed by atoms with Crippen LogP contribution in [0.4, 0.5) is 0 Å². The van der Waals surface area contributed by atoms with Gasteiger partial charge in [-0.25, -0.2) is 14.4 Å². The van der Waals surface area contributed by atoms with Crippen LogP contribution in [0.1, 0.15) is 241 Å². The fraction of sp³-hybridized carbons (Fsp3) is 0.895. The molecule has 39 N–H and O–H groups in total. The molecule has 0 aromatic rings. The quantitative estimate of drug-likeness (QED) is 0.0199. The van der Waals surface area contributed by atoms with Gasteiger partial charge in [-0.1, -0.05) is 180 Å². The number of amides is 5. The lowest BCUT2D eigenvalue weighted by molar-refractivity contribution is -0.405. The van der Waals surface area contributed by atoms with Gasteiger partial charge in [0.25, 0.3) is 17.4 Å². The smallest absolute Gasteiger partial charge is 0.364 e. The Labute approximate surface area is 870 Å². The van der Waals surface area contributed by atoms with E-state index in [4.69, 9.17) is 66.3 Å². The first kappa shape index (κ1) is 136. The van der Waals surface area contributed by atoms with Crippen molar-refractivity contribution in [2.24, 2.45) is 0 Å². The van der Waals surface area contributed by atoms with Gasteiger partial charge in [0.05, 0.1) is 101 Å². The van der Waals surface area contributed by atoms with Gasteiger partial charge in [-0.3, -0.25) is 24.0 Å². The first-order valence-electron chi connectivity index (χ1n) is 51.4. The molecule has 0 aromatic carbocycles. The third-order valence-corrected chi connectivity index (χ3v) is 27.6. The van der Waals surface area contributed by atoms with Crippen LogP contribution in [0.2, 0.25) is 0 Å². The molecule has 0 saturated carbocycles. The number of carboxylic acid groups (broad SMARTS) is 3. The Morgan fingerprint density at radius 1 is 0.367 bits per heavy atom. The SMILES string of the molecule is CCCCCCCCCCCCCC=CC(O)C(COC1OC(CO)C(OC2OC(CO)C(OC3OC(CO)C(O)C(OC4OC(CO)C(O)C(OC5(C(=O)O)CC(O)C(NC(C)=O)C(C(O)C(O)CO)O5)C4O)C3NC(C)=O)C(OC3(C(=O)O)CC(O)C(NC(C)=O)C(C(O)C(CO)OC4(C(=O)O)CC(O)C(NC(C)=O)C(C(O)C(O)CO)O4)O3)C2O)C(O)C1O)NC(=O)CCCCCCCCCCCCCCCCC.N.N.N. The summed E-state index contributed by atoms with van der Waals surface area (Å²) in [6.45, 7) is -2.28. The lowest BCUT2D eigenvalue weighted by Crippen LogP contribution is -2.73. The van der Waals surface area contributed by atoms with Crippen molar-refractivity contribution in [1.82, 2.24) is 45.0 Å². The minimum atomic E-state index is -3.81. The number of aliphatic hydroxyl groups excluding tert-OH is 22. The molecule has 150 heavy (non-hydrogen) atoms. The van der Waals surface area contributed by atoms with Gasteiger partial charge in [-0.2, -0.15) is 0 Å². The van der Waals surface area contributed by atoms with Gasteiger partial charge >= 0.3 is 17.9 Å². The third-order valence-electron chi connectivity index (χ3n) is 27.6. The zero-order chi connectivity index (χ0) is 109. The van der Waals surface area contributed by atoms with E-state index in [1.165, 1.54) is 83.1 Å². The highest BCUT2D eigenvalue weighted by Gasteiger charge is 2.66. The minimum absolute atomic E-state index is 0. The second-order valence-corrected chi connectivity index (χ2v) is 39.2. The van der Waals surface area contributed by atoms with Crippen molar-refractivity contribution in [3.05, 3.63) is 12.2 Å². The summed E-state index contributed by atoms with van der Waals surface area (Å²) in [5.74, 6) is -22.1. The predicted octanol–water partition coefficient (Wildman–Crippen LogP) is -6.21. The van der Waals surface area contributed by atoms with E-state index in [0.29, 0.717) is 12.8 Å². The van der Waals surface area contributed by atoms with Gasteiger partial charge in [0, 0.05) is 53.4 Å². The Morgan fingerprint density at radius 2 is 0.707 bits per heavy atom. The maximum absolute atomic E-state index is 14.6. The molecule has 7 fully saturated rings. The number of ether oxygens (including phenoxy) is 14. The van der Waals surface area contributed by atoms with E-state index in [-0.39, 0.29) is 24.9 Å². The zero-order valence-corrected chi connectivity index (χ0v) is 86.4. The number of allylic oxidation sites excluding steroid dienone is 1. The molecule has 40 atom stereocenters. The van der Waals surface area contributed by atoms with E-state index in [1.807, 2.05) is 0 Å². The van der Waals surface area contributed by atoms with Crippen LogP contribution >= 0.6 is 0 Å². The number of nitrogens with one attached hydrogen (secondary N) is 5. The minimum Gasteiger partial charge on any atom is -0.477 e. The van der Waals surface area contributed by atoms with Gasteiger partial charge < -0.3 is 239 Å². The van der Waals surface area contributed by atoms with Crippen molar-refractivity contribution >= 4 is 47.4 Å². The molecule has 0 aliphatic carbocycles. The van der Waals surface area contributed by atoms with Gasteiger partial charge in [0.15, 0.2) is 25.2 Å². The highest BCUT2D eigenvalue weighted by Crippen LogP contribution is 2.45. The van der Waals surface area contributed by atoms with E-state index in [2.05, 4.69) is 40.4 Å². The average Bonchev–Trinajstić information content (AvgIpc) is 0.742. The van der Waals surface area contributed by atoms with Crippen molar-refractivity contribution in [3.8, 4) is 0 Å². The molecule has 0 radical (unpaired) electrons. The molecule has 7 saturated heterocycles.